The van der Waals surface area contributed by atoms with Gasteiger partial charge in [0, 0.05) is 36.7 Å². The van der Waals surface area contributed by atoms with E-state index < -0.39 is 5.63 Å². The molecule has 3 saturated carbocycles. The second kappa shape index (κ2) is 6.78. The van der Waals surface area contributed by atoms with E-state index in [4.69, 9.17) is 4.42 Å². The van der Waals surface area contributed by atoms with Gasteiger partial charge < -0.3 is 14.4 Å². The lowest BCUT2D eigenvalue weighted by Crippen LogP contribution is -2.69. The van der Waals surface area contributed by atoms with Crippen LogP contribution in [0.15, 0.2) is 45.8 Å². The topological polar surface area (TPSA) is 74.0 Å². The van der Waals surface area contributed by atoms with Crippen molar-refractivity contribution in [3.05, 3.63) is 63.7 Å². The van der Waals surface area contributed by atoms with Crippen molar-refractivity contribution in [1.29, 1.82) is 0 Å². The molecule has 2 aliphatic heterocycles. The summed E-state index contributed by atoms with van der Waals surface area (Å²) < 4.78 is 5.03. The summed E-state index contributed by atoms with van der Waals surface area (Å²) in [5.74, 6) is 2.17. The summed E-state index contributed by atoms with van der Waals surface area (Å²) >= 11 is 0. The molecule has 6 heteroatoms. The number of benzene rings is 1. The van der Waals surface area contributed by atoms with Crippen LogP contribution in [0, 0.1) is 23.2 Å². The molecule has 8 rings (SSSR count). The van der Waals surface area contributed by atoms with E-state index >= 15 is 0 Å². The van der Waals surface area contributed by atoms with Gasteiger partial charge in [-0.3, -0.25) is 9.69 Å². The first-order valence-electron chi connectivity index (χ1n) is 13.5. The molecule has 6 aliphatic rings. The lowest BCUT2D eigenvalue weighted by Gasteiger charge is -2.66. The lowest BCUT2D eigenvalue weighted by atomic mass is 9.43. The minimum atomic E-state index is -0.427. The standard InChI is InChI=1S/C29H32N2O4/c32-21-5-3-18-11-24-28-8-7-23-26(29(28,22(18)12-21)9-10-30(24)14-17-1-2-17)20(13-28)15-31(23)27(34)19-4-6-25(33)35-16-19/h3-6,12,16-17,20,23-24,26,32H,1-2,7-11,13-15H2/t20-,23?,24?,26?,28?,29?/m1/s1. The fourth-order valence-corrected chi connectivity index (χ4v) is 9.82. The van der Waals surface area contributed by atoms with Crippen molar-refractivity contribution in [3.63, 3.8) is 0 Å². The van der Waals surface area contributed by atoms with Gasteiger partial charge in [-0.05, 0) is 104 Å². The largest absolute Gasteiger partial charge is 0.508 e. The van der Waals surface area contributed by atoms with Gasteiger partial charge in [-0.25, -0.2) is 4.79 Å². The van der Waals surface area contributed by atoms with Gasteiger partial charge in [0.2, 0.25) is 0 Å². The van der Waals surface area contributed by atoms with Crippen LogP contribution in [0.4, 0.5) is 0 Å². The van der Waals surface area contributed by atoms with Crippen molar-refractivity contribution in [1.82, 2.24) is 9.80 Å². The number of piperidine rings is 1. The van der Waals surface area contributed by atoms with E-state index in [2.05, 4.69) is 21.9 Å². The number of phenols is 1. The number of aromatic hydroxyl groups is 1. The second-order valence-corrected chi connectivity index (χ2v) is 12.3. The normalized spacial score (nSPS) is 38.8. The Morgan fingerprint density at radius 1 is 1.14 bits per heavy atom. The van der Waals surface area contributed by atoms with Crippen molar-refractivity contribution >= 4 is 5.91 Å². The number of hydrogen-bond donors (Lipinski definition) is 1. The Balaban J connectivity index is 1.24. The molecule has 4 aliphatic carbocycles. The van der Waals surface area contributed by atoms with E-state index in [-0.39, 0.29) is 22.8 Å². The average molecular weight is 473 g/mol. The predicted octanol–water partition coefficient (Wildman–Crippen LogP) is 3.56. The highest BCUT2D eigenvalue weighted by Gasteiger charge is 2.76. The van der Waals surface area contributed by atoms with Crippen molar-refractivity contribution < 1.29 is 14.3 Å². The average Bonchev–Trinajstić information content (AvgIpc) is 3.54. The number of phenolic OH excluding ortho intramolecular Hbond substituents is 1. The van der Waals surface area contributed by atoms with Gasteiger partial charge in [-0.2, -0.15) is 0 Å². The van der Waals surface area contributed by atoms with Crippen LogP contribution >= 0.6 is 0 Å². The Bertz CT molecular complexity index is 1280. The smallest absolute Gasteiger partial charge is 0.335 e. The minimum absolute atomic E-state index is 0.00767. The third-order valence-corrected chi connectivity index (χ3v) is 11.0. The molecular formula is C29H32N2O4. The van der Waals surface area contributed by atoms with Crippen molar-refractivity contribution in [3.8, 4) is 5.75 Å². The van der Waals surface area contributed by atoms with Crippen LogP contribution in [-0.2, 0) is 11.8 Å². The molecule has 6 nitrogen and oxygen atoms in total. The first-order valence-corrected chi connectivity index (χ1v) is 13.5. The molecule has 5 fully saturated rings. The maximum atomic E-state index is 13.6. The number of amides is 1. The SMILES string of the molecule is O=C(c1ccc(=O)oc1)N1C[C@H]2CC34CCC1C2C31CCN(CC2CC2)C4Cc2ccc(O)cc21. The van der Waals surface area contributed by atoms with Gasteiger partial charge in [0.05, 0.1) is 5.56 Å². The van der Waals surface area contributed by atoms with Gasteiger partial charge in [0.1, 0.15) is 12.0 Å². The number of nitrogens with zero attached hydrogens (tertiary/aromatic N) is 2. The summed E-state index contributed by atoms with van der Waals surface area (Å²) in [6.45, 7) is 3.17. The molecule has 3 heterocycles. The molecule has 182 valence electrons. The molecule has 1 aromatic carbocycles. The zero-order valence-electron chi connectivity index (χ0n) is 20.0. The fraction of sp³-hybridized carbons (Fsp3) is 0.586. The molecule has 2 aromatic rings. The Morgan fingerprint density at radius 3 is 2.83 bits per heavy atom. The second-order valence-electron chi connectivity index (χ2n) is 12.3. The van der Waals surface area contributed by atoms with E-state index in [1.54, 1.807) is 6.07 Å². The van der Waals surface area contributed by atoms with Crippen LogP contribution in [0.3, 0.4) is 0 Å². The van der Waals surface area contributed by atoms with Crippen molar-refractivity contribution in [2.24, 2.45) is 23.2 Å². The van der Waals surface area contributed by atoms with Crippen LogP contribution in [0.5, 0.6) is 5.75 Å². The molecule has 0 spiro atoms. The van der Waals surface area contributed by atoms with Crippen LogP contribution in [-0.4, -0.2) is 52.5 Å². The lowest BCUT2D eigenvalue weighted by molar-refractivity contribution is -0.102. The maximum absolute atomic E-state index is 13.6. The number of fused-ring (bicyclic) bond motifs is 1. The zero-order valence-corrected chi connectivity index (χ0v) is 20.0. The number of rotatable bonds is 3. The molecule has 1 amide bonds. The highest BCUT2D eigenvalue weighted by Crippen LogP contribution is 2.75. The Kier molecular flexibility index (Phi) is 3.99. The molecule has 5 unspecified atom stereocenters. The third kappa shape index (κ3) is 2.54. The van der Waals surface area contributed by atoms with Crippen molar-refractivity contribution in [2.75, 3.05) is 19.6 Å². The molecule has 4 bridgehead atoms. The number of likely N-dealkylation sites (tertiary alicyclic amines) is 2. The Morgan fingerprint density at radius 2 is 2.03 bits per heavy atom. The predicted molar refractivity (Wildman–Crippen MR) is 129 cm³/mol. The van der Waals surface area contributed by atoms with Crippen LogP contribution in [0.2, 0.25) is 0 Å². The summed E-state index contributed by atoms with van der Waals surface area (Å²) in [6.07, 6.45) is 9.71. The quantitative estimate of drug-likeness (QED) is 0.740. The summed E-state index contributed by atoms with van der Waals surface area (Å²) in [7, 11) is 0. The fourth-order valence-electron chi connectivity index (χ4n) is 9.82. The molecule has 1 N–H and O–H groups in total. The van der Waals surface area contributed by atoms with E-state index in [0.717, 1.165) is 44.7 Å². The Hall–Kier alpha value is -2.60. The van der Waals surface area contributed by atoms with E-state index in [1.165, 1.54) is 49.3 Å². The van der Waals surface area contributed by atoms with Crippen LogP contribution < -0.4 is 5.63 Å². The summed E-state index contributed by atoms with van der Waals surface area (Å²) in [5.41, 5.74) is 3.13. The molecular weight excluding hydrogens is 440 g/mol. The first-order chi connectivity index (χ1) is 17.0. The third-order valence-electron chi connectivity index (χ3n) is 11.0. The van der Waals surface area contributed by atoms with Crippen LogP contribution in [0.1, 0.15) is 60.0 Å². The first kappa shape index (κ1) is 20.6. The number of carbonyl (C=O) groups is 1. The molecule has 2 saturated heterocycles. The molecule has 6 atom stereocenters. The Labute approximate surface area is 204 Å². The van der Waals surface area contributed by atoms with Gasteiger partial charge in [-0.1, -0.05) is 6.07 Å². The molecule has 0 radical (unpaired) electrons. The monoisotopic (exact) mass is 472 g/mol. The zero-order chi connectivity index (χ0) is 23.5. The van der Waals surface area contributed by atoms with Gasteiger partial charge in [0.15, 0.2) is 0 Å². The van der Waals surface area contributed by atoms with E-state index in [0.29, 0.717) is 29.2 Å². The van der Waals surface area contributed by atoms with E-state index in [1.807, 2.05) is 6.07 Å². The maximum Gasteiger partial charge on any atom is 0.335 e. The summed E-state index contributed by atoms with van der Waals surface area (Å²) in [4.78, 5) is 30.0. The van der Waals surface area contributed by atoms with Gasteiger partial charge in [0.25, 0.3) is 5.91 Å². The highest BCUT2D eigenvalue weighted by atomic mass is 16.4. The number of hydrogen-bond acceptors (Lipinski definition) is 5. The highest BCUT2D eigenvalue weighted by molar-refractivity contribution is 5.94. The summed E-state index contributed by atoms with van der Waals surface area (Å²) in [6, 6.07) is 9.86. The van der Waals surface area contributed by atoms with Gasteiger partial charge >= 0.3 is 5.63 Å². The summed E-state index contributed by atoms with van der Waals surface area (Å²) in [5, 5.41) is 10.6. The number of carbonyl (C=O) groups excluding carboxylic acids is 1. The van der Waals surface area contributed by atoms with Crippen LogP contribution in [0.25, 0.3) is 0 Å². The molecule has 35 heavy (non-hydrogen) atoms. The van der Waals surface area contributed by atoms with Crippen molar-refractivity contribution in [2.45, 2.75) is 62.4 Å². The van der Waals surface area contributed by atoms with E-state index in [9.17, 15) is 14.7 Å². The van der Waals surface area contributed by atoms with Gasteiger partial charge in [-0.15, -0.1) is 0 Å². The minimum Gasteiger partial charge on any atom is -0.508 e. The molecule has 1 aromatic heterocycles.